The van der Waals surface area contributed by atoms with Gasteiger partial charge in [-0.3, -0.25) is 4.90 Å². The summed E-state index contributed by atoms with van der Waals surface area (Å²) in [7, 11) is 0. The molecule has 3 rings (SSSR count). The predicted molar refractivity (Wildman–Crippen MR) is 115 cm³/mol. The number of aryl methyl sites for hydroxylation is 1. The van der Waals surface area contributed by atoms with Crippen LogP contribution in [0.2, 0.25) is 0 Å². The van der Waals surface area contributed by atoms with Gasteiger partial charge in [-0.1, -0.05) is 20.8 Å². The van der Waals surface area contributed by atoms with Gasteiger partial charge in [0.15, 0.2) is 0 Å². The van der Waals surface area contributed by atoms with E-state index in [9.17, 15) is 14.6 Å². The Hall–Kier alpha value is -1.21. The molecule has 5 nitrogen and oxygen atoms in total. The van der Waals surface area contributed by atoms with Crippen molar-refractivity contribution in [2.45, 2.75) is 64.6 Å². The number of benzene rings is 1. The summed E-state index contributed by atoms with van der Waals surface area (Å²) >= 11 is 0. The summed E-state index contributed by atoms with van der Waals surface area (Å²) in [4.78, 5) is 2.10. The second-order valence-corrected chi connectivity index (χ2v) is 10.6. The van der Waals surface area contributed by atoms with Crippen molar-refractivity contribution in [3.8, 4) is 5.75 Å². The van der Waals surface area contributed by atoms with E-state index in [1.165, 1.54) is 6.07 Å². The van der Waals surface area contributed by atoms with E-state index in [1.54, 1.807) is 19.1 Å². The number of β-amino-alcohol motifs (C(OH)–C–C–N with tert-alkyl or cyclic N) is 2. The number of rotatable bonds is 5. The van der Waals surface area contributed by atoms with Crippen molar-refractivity contribution in [1.29, 1.82) is 0 Å². The molecule has 2 N–H and O–H groups in total. The Morgan fingerprint density at radius 2 is 1.90 bits per heavy atom. The third-order valence-corrected chi connectivity index (χ3v) is 6.74. The highest BCUT2D eigenvalue weighted by Crippen LogP contribution is 2.41. The van der Waals surface area contributed by atoms with Crippen molar-refractivity contribution in [3.63, 3.8) is 0 Å². The minimum atomic E-state index is -1.18. The molecule has 0 radical (unpaired) electrons. The van der Waals surface area contributed by atoms with Gasteiger partial charge in [-0.05, 0) is 67.7 Å². The van der Waals surface area contributed by atoms with Gasteiger partial charge >= 0.3 is 0 Å². The van der Waals surface area contributed by atoms with E-state index in [1.807, 2.05) is 0 Å². The smallest absolute Gasteiger partial charge is 0.134 e. The van der Waals surface area contributed by atoms with E-state index in [-0.39, 0.29) is 24.4 Å². The van der Waals surface area contributed by atoms with Crippen LogP contribution in [0, 0.1) is 24.1 Å². The fraction of sp³-hybridized carbons (Fsp3) is 0.750. The van der Waals surface area contributed by atoms with Crippen LogP contribution in [0.1, 0.15) is 52.0 Å². The van der Waals surface area contributed by atoms with Crippen molar-refractivity contribution in [1.82, 2.24) is 4.90 Å². The van der Waals surface area contributed by atoms with Crippen LogP contribution in [0.5, 0.6) is 5.75 Å². The lowest BCUT2D eigenvalue weighted by molar-refractivity contribution is -0.0807. The summed E-state index contributed by atoms with van der Waals surface area (Å²) in [6.07, 6.45) is 3.63. The van der Waals surface area contributed by atoms with Crippen LogP contribution in [0.3, 0.4) is 0 Å². The first-order valence-corrected chi connectivity index (χ1v) is 11.1. The van der Waals surface area contributed by atoms with Gasteiger partial charge < -0.3 is 19.7 Å². The first-order valence-electron chi connectivity index (χ1n) is 11.1. The number of hydrogen-bond acceptors (Lipinski definition) is 5. The first-order chi connectivity index (χ1) is 14.0. The highest BCUT2D eigenvalue weighted by molar-refractivity contribution is 5.28. The average Bonchev–Trinajstić information content (AvgIpc) is 2.83. The molecule has 2 aliphatic rings. The Morgan fingerprint density at radius 3 is 2.53 bits per heavy atom. The lowest BCUT2D eigenvalue weighted by Gasteiger charge is -2.43. The normalized spacial score (nSPS) is 31.4. The standard InChI is InChI=1S/C24H38FNO4/c1-18-13-20(5-6-21(18)25)30-17-24(28)15-26(11-12-29-16-24)14-23(27)9-7-19(8-10-23)22(2,3)4/h5-6,13,19,27-28H,7-12,14-17H2,1-4H3/t19?,23?,24-/m1/s1. The van der Waals surface area contributed by atoms with E-state index < -0.39 is 11.2 Å². The predicted octanol–water partition coefficient (Wildman–Crippen LogP) is 3.54. The highest BCUT2D eigenvalue weighted by atomic mass is 19.1. The molecule has 1 atom stereocenters. The van der Waals surface area contributed by atoms with Gasteiger partial charge in [0, 0.05) is 19.6 Å². The zero-order valence-corrected chi connectivity index (χ0v) is 18.9. The Morgan fingerprint density at radius 1 is 1.20 bits per heavy atom. The van der Waals surface area contributed by atoms with Gasteiger partial charge in [0.25, 0.3) is 0 Å². The average molecular weight is 424 g/mol. The van der Waals surface area contributed by atoms with E-state index in [0.717, 1.165) is 25.7 Å². The topological polar surface area (TPSA) is 62.2 Å². The summed E-state index contributed by atoms with van der Waals surface area (Å²) in [6.45, 7) is 10.8. The van der Waals surface area contributed by atoms with E-state index in [2.05, 4.69) is 25.7 Å². The summed E-state index contributed by atoms with van der Waals surface area (Å²) in [5, 5.41) is 22.3. The molecule has 170 valence electrons. The molecule has 1 aromatic carbocycles. The fourth-order valence-corrected chi connectivity index (χ4v) is 4.74. The zero-order valence-electron chi connectivity index (χ0n) is 18.9. The van der Waals surface area contributed by atoms with Crippen LogP contribution < -0.4 is 4.74 Å². The van der Waals surface area contributed by atoms with Gasteiger partial charge in [0.05, 0.1) is 18.8 Å². The minimum Gasteiger partial charge on any atom is -0.490 e. The maximum Gasteiger partial charge on any atom is 0.134 e. The summed E-state index contributed by atoms with van der Waals surface area (Å²) in [6, 6.07) is 4.57. The fourth-order valence-electron chi connectivity index (χ4n) is 4.74. The summed E-state index contributed by atoms with van der Waals surface area (Å²) < 4.78 is 24.9. The Bertz CT molecular complexity index is 712. The molecular weight excluding hydrogens is 385 g/mol. The van der Waals surface area contributed by atoms with E-state index >= 15 is 0 Å². The molecule has 0 aromatic heterocycles. The van der Waals surface area contributed by atoms with Crippen LogP contribution in [0.4, 0.5) is 4.39 Å². The van der Waals surface area contributed by atoms with Crippen molar-refractivity contribution < 1.29 is 24.1 Å². The van der Waals surface area contributed by atoms with Crippen LogP contribution in [-0.4, -0.2) is 65.8 Å². The molecular formula is C24H38FNO4. The summed E-state index contributed by atoms with van der Waals surface area (Å²) in [5.74, 6) is 0.881. The number of hydrogen-bond donors (Lipinski definition) is 2. The molecule has 1 aromatic rings. The molecule has 2 fully saturated rings. The number of halogens is 1. The molecule has 0 amide bonds. The third kappa shape index (κ3) is 6.16. The molecule has 30 heavy (non-hydrogen) atoms. The zero-order chi connectivity index (χ0) is 22.0. The van der Waals surface area contributed by atoms with Crippen LogP contribution in [0.25, 0.3) is 0 Å². The maximum absolute atomic E-state index is 13.5. The molecule has 1 heterocycles. The second kappa shape index (κ2) is 9.11. The third-order valence-electron chi connectivity index (χ3n) is 6.74. The van der Waals surface area contributed by atoms with Gasteiger partial charge in [-0.25, -0.2) is 4.39 Å². The molecule has 0 spiro atoms. The quantitative estimate of drug-likeness (QED) is 0.759. The number of ether oxygens (including phenoxy) is 2. The van der Waals surface area contributed by atoms with E-state index in [0.29, 0.717) is 43.5 Å². The Kier molecular flexibility index (Phi) is 7.12. The molecule has 6 heteroatoms. The van der Waals surface area contributed by atoms with Gasteiger partial charge in [-0.15, -0.1) is 0 Å². The molecule has 1 saturated heterocycles. The van der Waals surface area contributed by atoms with Crippen molar-refractivity contribution >= 4 is 0 Å². The molecule has 0 unspecified atom stereocenters. The van der Waals surface area contributed by atoms with Crippen molar-refractivity contribution in [2.24, 2.45) is 11.3 Å². The van der Waals surface area contributed by atoms with Gasteiger partial charge in [0.2, 0.25) is 0 Å². The minimum absolute atomic E-state index is 0.0547. The monoisotopic (exact) mass is 423 g/mol. The van der Waals surface area contributed by atoms with Gasteiger partial charge in [0.1, 0.15) is 23.8 Å². The maximum atomic E-state index is 13.5. The number of nitrogens with zero attached hydrogens (tertiary/aromatic N) is 1. The van der Waals surface area contributed by atoms with Crippen molar-refractivity contribution in [3.05, 3.63) is 29.6 Å². The van der Waals surface area contributed by atoms with Crippen LogP contribution >= 0.6 is 0 Å². The second-order valence-electron chi connectivity index (χ2n) is 10.6. The Balaban J connectivity index is 1.58. The van der Waals surface area contributed by atoms with Crippen molar-refractivity contribution in [2.75, 3.05) is 39.5 Å². The van der Waals surface area contributed by atoms with E-state index in [4.69, 9.17) is 9.47 Å². The van der Waals surface area contributed by atoms with Gasteiger partial charge in [-0.2, -0.15) is 0 Å². The largest absolute Gasteiger partial charge is 0.490 e. The molecule has 0 bridgehead atoms. The highest BCUT2D eigenvalue weighted by Gasteiger charge is 2.41. The Labute approximate surface area is 180 Å². The SMILES string of the molecule is Cc1cc(OC[C@]2(O)COCCN(CC3(O)CCC(C(C)(C)C)CC3)C2)ccc1F. The first kappa shape index (κ1) is 23.5. The molecule has 1 saturated carbocycles. The lowest BCUT2D eigenvalue weighted by atomic mass is 9.68. The lowest BCUT2D eigenvalue weighted by Crippen LogP contribution is -2.53. The number of aliphatic hydroxyl groups is 2. The molecule has 1 aliphatic carbocycles. The molecule has 1 aliphatic heterocycles. The summed E-state index contributed by atoms with van der Waals surface area (Å²) in [5.41, 5.74) is -1.13. The van der Waals surface area contributed by atoms with Crippen LogP contribution in [-0.2, 0) is 4.74 Å². The van der Waals surface area contributed by atoms with Crippen LogP contribution in [0.15, 0.2) is 18.2 Å².